The Morgan fingerprint density at radius 2 is 1.87 bits per heavy atom. The lowest BCUT2D eigenvalue weighted by molar-refractivity contribution is -0.578. The summed E-state index contributed by atoms with van der Waals surface area (Å²) in [4.78, 5) is 23.2. The Balaban J connectivity index is 1.40. The molecule has 6 rings (SSSR count). The monoisotopic (exact) mass is 432 g/mol. The van der Waals surface area contributed by atoms with Crippen LogP contribution >= 0.6 is 0 Å². The lowest BCUT2D eigenvalue weighted by Crippen LogP contribution is -2.70. The number of carbonyl (C=O) groups is 1. The molecule has 0 radical (unpaired) electrons. The molecule has 9 atom stereocenters. The molecule has 7 heteroatoms. The molecule has 1 unspecified atom stereocenters. The summed E-state index contributed by atoms with van der Waals surface area (Å²) in [5.41, 5.74) is 0.571. The largest absolute Gasteiger partial charge is 0.478 e. The van der Waals surface area contributed by atoms with E-state index in [0.29, 0.717) is 11.8 Å². The second kappa shape index (κ2) is 7.52. The van der Waals surface area contributed by atoms with E-state index in [4.69, 9.17) is 29.1 Å². The maximum absolute atomic E-state index is 11.1. The summed E-state index contributed by atoms with van der Waals surface area (Å²) in [6.07, 6.45) is 2.71. The minimum absolute atomic E-state index is 0.0987. The highest BCUT2D eigenvalue weighted by atomic mass is 17.3. The van der Waals surface area contributed by atoms with Crippen molar-refractivity contribution in [3.05, 3.63) is 35.4 Å². The first-order chi connectivity index (χ1) is 14.7. The predicted octanol–water partition coefficient (Wildman–Crippen LogP) is 4.67. The Kier molecular flexibility index (Phi) is 5.18. The lowest BCUT2D eigenvalue weighted by Gasteiger charge is -2.60. The lowest BCUT2D eigenvalue weighted by atomic mass is 9.58. The first-order valence-electron chi connectivity index (χ1n) is 11.4. The van der Waals surface area contributed by atoms with E-state index < -0.39 is 29.9 Å². The summed E-state index contributed by atoms with van der Waals surface area (Å²) in [5.74, 6) is -0.590. The fourth-order valence-electron chi connectivity index (χ4n) is 6.20. The molecule has 2 bridgehead atoms. The highest BCUT2D eigenvalue weighted by Gasteiger charge is 2.69. The van der Waals surface area contributed by atoms with Crippen LogP contribution < -0.4 is 0 Å². The molecule has 1 N–H and O–H groups in total. The normalized spacial score (nSPS) is 44.9. The summed E-state index contributed by atoms with van der Waals surface area (Å²) in [5, 5.41) is 9.13. The second-order valence-electron chi connectivity index (χ2n) is 9.98. The van der Waals surface area contributed by atoms with Gasteiger partial charge in [0.05, 0.1) is 11.7 Å². The predicted molar refractivity (Wildman–Crippen MR) is 110 cm³/mol. The Morgan fingerprint density at radius 3 is 2.58 bits per heavy atom. The van der Waals surface area contributed by atoms with E-state index >= 15 is 0 Å². The number of carboxylic acids is 1. The van der Waals surface area contributed by atoms with Crippen molar-refractivity contribution in [2.75, 3.05) is 0 Å². The molecule has 5 fully saturated rings. The van der Waals surface area contributed by atoms with Gasteiger partial charge >= 0.3 is 5.97 Å². The van der Waals surface area contributed by atoms with Crippen molar-refractivity contribution in [2.24, 2.45) is 23.7 Å². The summed E-state index contributed by atoms with van der Waals surface area (Å²) in [7, 11) is 0. The van der Waals surface area contributed by atoms with Crippen LogP contribution in [-0.4, -0.2) is 35.0 Å². The highest BCUT2D eigenvalue weighted by Crippen LogP contribution is 2.60. The molecule has 1 aliphatic carbocycles. The number of rotatable bonds is 4. The van der Waals surface area contributed by atoms with Crippen molar-refractivity contribution in [1.29, 1.82) is 0 Å². The van der Waals surface area contributed by atoms with Gasteiger partial charge in [0.25, 0.3) is 0 Å². The minimum Gasteiger partial charge on any atom is -0.478 e. The summed E-state index contributed by atoms with van der Waals surface area (Å²) in [6.45, 7) is 8.34. The molecular weight excluding hydrogens is 400 g/mol. The van der Waals surface area contributed by atoms with Gasteiger partial charge in [-0.25, -0.2) is 14.6 Å². The Labute approximate surface area is 182 Å². The van der Waals surface area contributed by atoms with Gasteiger partial charge in [0.2, 0.25) is 5.79 Å². The van der Waals surface area contributed by atoms with Gasteiger partial charge in [0.15, 0.2) is 18.2 Å². The zero-order valence-electron chi connectivity index (χ0n) is 18.6. The van der Waals surface area contributed by atoms with Gasteiger partial charge in [-0.15, -0.1) is 0 Å². The van der Waals surface area contributed by atoms with Gasteiger partial charge in [-0.05, 0) is 62.6 Å². The SMILES string of the molecule is C[C@H](O[C@H]1O[C@@H]2O[C@@]3(C)CC[C@H]4[C@H](C)CCC([C@H]1C)[C@@]24OO3)c1ccc(C(=O)O)cc1. The van der Waals surface area contributed by atoms with Crippen molar-refractivity contribution in [2.45, 2.75) is 83.5 Å². The molecule has 1 aromatic carbocycles. The van der Waals surface area contributed by atoms with Crippen molar-refractivity contribution in [3.8, 4) is 0 Å². The molecule has 4 aliphatic heterocycles. The van der Waals surface area contributed by atoms with Gasteiger partial charge < -0.3 is 19.3 Å². The third kappa shape index (κ3) is 3.33. The molecule has 1 aromatic rings. The van der Waals surface area contributed by atoms with Crippen molar-refractivity contribution in [3.63, 3.8) is 0 Å². The zero-order valence-corrected chi connectivity index (χ0v) is 18.6. The molecule has 0 aromatic heterocycles. The van der Waals surface area contributed by atoms with Gasteiger partial charge in [-0.3, -0.25) is 0 Å². The standard InChI is InChI=1S/C24H32O7/c1-13-5-10-19-14(2)21(27-15(3)16-6-8-17(9-7-16)20(25)26)28-22-24(19)18(13)11-12-23(4,29-22)30-31-24/h6-9,13-15,18-19,21-22H,5,10-12H2,1-4H3,(H,25,26)/t13-,14-,15+,18+,19?,21+,22-,23-,24-/m1/s1. The van der Waals surface area contributed by atoms with Crippen molar-refractivity contribution in [1.82, 2.24) is 0 Å². The number of hydrogen-bond donors (Lipinski definition) is 1. The van der Waals surface area contributed by atoms with Gasteiger partial charge in [0.1, 0.15) is 0 Å². The average Bonchev–Trinajstić information content (AvgIpc) is 2.98. The third-order valence-electron chi connectivity index (χ3n) is 8.06. The average molecular weight is 433 g/mol. The fourth-order valence-corrected chi connectivity index (χ4v) is 6.20. The molecule has 31 heavy (non-hydrogen) atoms. The Morgan fingerprint density at radius 1 is 1.13 bits per heavy atom. The molecular formula is C24H32O7. The van der Waals surface area contributed by atoms with Crippen LogP contribution in [0.2, 0.25) is 0 Å². The third-order valence-corrected chi connectivity index (χ3v) is 8.06. The molecule has 4 saturated heterocycles. The van der Waals surface area contributed by atoms with Gasteiger partial charge in [-0.2, -0.15) is 0 Å². The van der Waals surface area contributed by atoms with Crippen LogP contribution in [0.3, 0.4) is 0 Å². The number of hydrogen-bond acceptors (Lipinski definition) is 6. The van der Waals surface area contributed by atoms with Crippen molar-refractivity contribution >= 4 is 5.97 Å². The topological polar surface area (TPSA) is 83.5 Å². The van der Waals surface area contributed by atoms with Crippen LogP contribution in [0.1, 0.15) is 75.4 Å². The molecule has 170 valence electrons. The fraction of sp³-hybridized carbons (Fsp3) is 0.708. The zero-order chi connectivity index (χ0) is 22.0. The van der Waals surface area contributed by atoms with Crippen LogP contribution in [0.5, 0.6) is 0 Å². The molecule has 4 heterocycles. The van der Waals surface area contributed by atoms with E-state index in [1.54, 1.807) is 24.3 Å². The number of fused-ring (bicyclic) bond motifs is 2. The first kappa shape index (κ1) is 21.3. The molecule has 5 aliphatic rings. The van der Waals surface area contributed by atoms with E-state index in [1.165, 1.54) is 0 Å². The van der Waals surface area contributed by atoms with E-state index in [-0.39, 0.29) is 23.5 Å². The first-order valence-corrected chi connectivity index (χ1v) is 11.4. The maximum Gasteiger partial charge on any atom is 0.335 e. The van der Waals surface area contributed by atoms with E-state index in [1.807, 2.05) is 13.8 Å². The number of aromatic carboxylic acids is 1. The molecule has 0 amide bonds. The van der Waals surface area contributed by atoms with Crippen LogP contribution in [0.15, 0.2) is 24.3 Å². The highest BCUT2D eigenvalue weighted by molar-refractivity contribution is 5.87. The van der Waals surface area contributed by atoms with E-state index in [2.05, 4.69) is 13.8 Å². The number of carboxylic acid groups (broad SMARTS) is 1. The Hall–Kier alpha value is -1.51. The van der Waals surface area contributed by atoms with E-state index in [9.17, 15) is 4.79 Å². The maximum atomic E-state index is 11.1. The van der Waals surface area contributed by atoms with Crippen molar-refractivity contribution < 1.29 is 33.9 Å². The minimum atomic E-state index is -0.938. The quantitative estimate of drug-likeness (QED) is 0.692. The Bertz CT molecular complexity index is 841. The number of benzene rings is 1. The van der Waals surface area contributed by atoms with Crippen LogP contribution in [0, 0.1) is 23.7 Å². The number of ether oxygens (including phenoxy) is 3. The van der Waals surface area contributed by atoms with Crippen LogP contribution in [-0.2, 0) is 24.0 Å². The molecule has 1 spiro atoms. The van der Waals surface area contributed by atoms with Gasteiger partial charge in [-0.1, -0.05) is 26.0 Å². The smallest absolute Gasteiger partial charge is 0.335 e. The van der Waals surface area contributed by atoms with E-state index in [0.717, 1.165) is 31.2 Å². The summed E-state index contributed by atoms with van der Waals surface area (Å²) >= 11 is 0. The van der Waals surface area contributed by atoms with Crippen LogP contribution in [0.25, 0.3) is 0 Å². The molecule has 7 nitrogen and oxygen atoms in total. The second-order valence-corrected chi connectivity index (χ2v) is 9.98. The summed E-state index contributed by atoms with van der Waals surface area (Å²) in [6, 6.07) is 6.79. The van der Waals surface area contributed by atoms with Crippen LogP contribution in [0.4, 0.5) is 0 Å². The summed E-state index contributed by atoms with van der Waals surface area (Å²) < 4.78 is 19.2. The molecule has 1 saturated carbocycles. The van der Waals surface area contributed by atoms with Gasteiger partial charge in [0, 0.05) is 18.3 Å².